The maximum atomic E-state index is 12.4. The van der Waals surface area contributed by atoms with Crippen molar-refractivity contribution in [1.82, 2.24) is 4.90 Å². The van der Waals surface area contributed by atoms with E-state index >= 15 is 0 Å². The van der Waals surface area contributed by atoms with Gasteiger partial charge in [0.25, 0.3) is 5.91 Å². The zero-order chi connectivity index (χ0) is 13.8. The normalized spacial score (nSPS) is 16.7. The van der Waals surface area contributed by atoms with Gasteiger partial charge in [-0.25, -0.2) is 0 Å². The Morgan fingerprint density at radius 2 is 1.84 bits per heavy atom. The highest BCUT2D eigenvalue weighted by atomic mass is 16.2. The first kappa shape index (κ1) is 13.9. The molecule has 0 aromatic heterocycles. The topological polar surface area (TPSA) is 58.4 Å². The van der Waals surface area contributed by atoms with Crippen molar-refractivity contribution in [2.24, 2.45) is 17.7 Å². The van der Waals surface area contributed by atoms with Crippen LogP contribution in [0.1, 0.15) is 37.0 Å². The number of carbonyl (C=O) groups excluding carboxylic acids is 1. The number of nitrogens with one attached hydrogen (secondary N) is 1. The van der Waals surface area contributed by atoms with Crippen LogP contribution in [-0.2, 0) is 0 Å². The number of nitrogen functional groups attached to an aromatic ring is 1. The largest absolute Gasteiger partial charge is 0.339 e. The first-order chi connectivity index (χ1) is 9.11. The molecule has 4 heteroatoms. The molecule has 1 aromatic carbocycles. The summed E-state index contributed by atoms with van der Waals surface area (Å²) in [6.45, 7) is 6.28. The minimum absolute atomic E-state index is 0.130. The van der Waals surface area contributed by atoms with E-state index in [9.17, 15) is 4.79 Å². The fourth-order valence-corrected chi connectivity index (χ4v) is 2.66. The maximum Gasteiger partial charge on any atom is 0.253 e. The Balaban J connectivity index is 1.97. The average Bonchev–Trinajstić information content (AvgIpc) is 2.46. The lowest BCUT2D eigenvalue weighted by molar-refractivity contribution is 0.0668. The predicted molar refractivity (Wildman–Crippen MR) is 77.7 cm³/mol. The Kier molecular flexibility index (Phi) is 4.43. The van der Waals surface area contributed by atoms with E-state index in [2.05, 4.69) is 19.3 Å². The van der Waals surface area contributed by atoms with Crippen LogP contribution in [0.15, 0.2) is 24.3 Å². The number of likely N-dealkylation sites (tertiary alicyclic amines) is 1. The van der Waals surface area contributed by atoms with Crippen LogP contribution in [0.25, 0.3) is 0 Å². The minimum atomic E-state index is 0.130. The van der Waals surface area contributed by atoms with Crippen molar-refractivity contribution in [3.8, 4) is 0 Å². The summed E-state index contributed by atoms with van der Waals surface area (Å²) in [5, 5.41) is 0. The number of anilines is 1. The van der Waals surface area contributed by atoms with Crippen LogP contribution in [-0.4, -0.2) is 23.9 Å². The molecule has 0 bridgehead atoms. The number of amides is 1. The molecule has 0 aliphatic carbocycles. The molecule has 3 N–H and O–H groups in total. The van der Waals surface area contributed by atoms with Gasteiger partial charge in [0.15, 0.2) is 0 Å². The number of hydrazine groups is 1. The Labute approximate surface area is 114 Å². The predicted octanol–water partition coefficient (Wildman–Crippen LogP) is 2.48. The Bertz CT molecular complexity index is 420. The van der Waals surface area contributed by atoms with Crippen LogP contribution >= 0.6 is 0 Å². The molecule has 1 saturated heterocycles. The summed E-state index contributed by atoms with van der Waals surface area (Å²) in [4.78, 5) is 14.3. The summed E-state index contributed by atoms with van der Waals surface area (Å²) in [7, 11) is 0. The van der Waals surface area contributed by atoms with E-state index in [1.807, 2.05) is 29.2 Å². The molecular weight excluding hydrogens is 238 g/mol. The molecule has 104 valence electrons. The lowest BCUT2D eigenvalue weighted by Gasteiger charge is -2.34. The first-order valence-electron chi connectivity index (χ1n) is 6.97. The van der Waals surface area contributed by atoms with Crippen LogP contribution in [0.3, 0.4) is 0 Å². The molecule has 1 aromatic rings. The third-order valence-electron chi connectivity index (χ3n) is 4.07. The van der Waals surface area contributed by atoms with Crippen molar-refractivity contribution in [2.75, 3.05) is 18.5 Å². The molecule has 1 aliphatic rings. The number of rotatable bonds is 3. The quantitative estimate of drug-likeness (QED) is 0.649. The molecule has 0 unspecified atom stereocenters. The van der Waals surface area contributed by atoms with Gasteiger partial charge in [0.05, 0.1) is 0 Å². The van der Waals surface area contributed by atoms with Crippen molar-refractivity contribution in [1.29, 1.82) is 0 Å². The Morgan fingerprint density at radius 3 is 2.32 bits per heavy atom. The summed E-state index contributed by atoms with van der Waals surface area (Å²) in [6.07, 6.45) is 2.23. The number of nitrogens with zero attached hydrogens (tertiary/aromatic N) is 1. The molecule has 2 rings (SSSR count). The van der Waals surface area contributed by atoms with Crippen molar-refractivity contribution < 1.29 is 4.79 Å². The van der Waals surface area contributed by atoms with Gasteiger partial charge in [-0.1, -0.05) is 13.8 Å². The number of hydrogen-bond donors (Lipinski definition) is 2. The lowest BCUT2D eigenvalue weighted by atomic mass is 9.86. The monoisotopic (exact) mass is 261 g/mol. The molecule has 1 fully saturated rings. The second-order valence-electron chi connectivity index (χ2n) is 5.60. The van der Waals surface area contributed by atoms with Crippen LogP contribution in [0.5, 0.6) is 0 Å². The molecule has 1 aliphatic heterocycles. The zero-order valence-corrected chi connectivity index (χ0v) is 11.7. The molecule has 4 nitrogen and oxygen atoms in total. The Hall–Kier alpha value is -1.55. The summed E-state index contributed by atoms with van der Waals surface area (Å²) < 4.78 is 0. The van der Waals surface area contributed by atoms with Crippen LogP contribution in [0, 0.1) is 11.8 Å². The van der Waals surface area contributed by atoms with Crippen molar-refractivity contribution in [2.45, 2.75) is 26.7 Å². The van der Waals surface area contributed by atoms with E-state index < -0.39 is 0 Å². The lowest BCUT2D eigenvalue weighted by Crippen LogP contribution is -2.39. The number of benzene rings is 1. The summed E-state index contributed by atoms with van der Waals surface area (Å²) in [5.41, 5.74) is 4.12. The third kappa shape index (κ3) is 3.26. The molecule has 0 atom stereocenters. The van der Waals surface area contributed by atoms with Crippen molar-refractivity contribution >= 4 is 11.6 Å². The molecule has 0 saturated carbocycles. The highest BCUT2D eigenvalue weighted by Gasteiger charge is 2.25. The molecule has 19 heavy (non-hydrogen) atoms. The van der Waals surface area contributed by atoms with Gasteiger partial charge in [-0.05, 0) is 48.9 Å². The Morgan fingerprint density at radius 1 is 1.26 bits per heavy atom. The SMILES string of the molecule is CC(C)C1CCN(C(=O)c2ccc(NN)cc2)CC1. The van der Waals surface area contributed by atoms with Gasteiger partial charge in [-0.2, -0.15) is 0 Å². The van der Waals surface area contributed by atoms with E-state index in [4.69, 9.17) is 5.84 Å². The molecule has 1 heterocycles. The summed E-state index contributed by atoms with van der Waals surface area (Å²) >= 11 is 0. The summed E-state index contributed by atoms with van der Waals surface area (Å²) in [5.74, 6) is 6.92. The molecule has 0 radical (unpaired) electrons. The van der Waals surface area contributed by atoms with E-state index in [1.165, 1.54) is 0 Å². The van der Waals surface area contributed by atoms with Gasteiger partial charge < -0.3 is 10.3 Å². The van der Waals surface area contributed by atoms with Gasteiger partial charge in [-0.3, -0.25) is 10.6 Å². The molecular formula is C15H23N3O. The van der Waals surface area contributed by atoms with Gasteiger partial charge in [0.2, 0.25) is 0 Å². The van der Waals surface area contributed by atoms with Crippen LogP contribution in [0.4, 0.5) is 5.69 Å². The van der Waals surface area contributed by atoms with Crippen LogP contribution < -0.4 is 11.3 Å². The minimum Gasteiger partial charge on any atom is -0.339 e. The molecule has 0 spiro atoms. The smallest absolute Gasteiger partial charge is 0.253 e. The highest BCUT2D eigenvalue weighted by molar-refractivity contribution is 5.94. The number of nitrogens with two attached hydrogens (primary N) is 1. The summed E-state index contributed by atoms with van der Waals surface area (Å²) in [6, 6.07) is 7.31. The maximum absolute atomic E-state index is 12.4. The fraction of sp³-hybridized carbons (Fsp3) is 0.533. The second-order valence-corrected chi connectivity index (χ2v) is 5.60. The number of hydrogen-bond acceptors (Lipinski definition) is 3. The van der Waals surface area contributed by atoms with Crippen molar-refractivity contribution in [3.05, 3.63) is 29.8 Å². The van der Waals surface area contributed by atoms with E-state index in [-0.39, 0.29) is 5.91 Å². The fourth-order valence-electron chi connectivity index (χ4n) is 2.66. The van der Waals surface area contributed by atoms with Gasteiger partial charge in [-0.15, -0.1) is 0 Å². The first-order valence-corrected chi connectivity index (χ1v) is 6.97. The third-order valence-corrected chi connectivity index (χ3v) is 4.07. The second kappa shape index (κ2) is 6.06. The van der Waals surface area contributed by atoms with Gasteiger partial charge >= 0.3 is 0 Å². The number of piperidine rings is 1. The van der Waals surface area contributed by atoms with Gasteiger partial charge in [0.1, 0.15) is 0 Å². The standard InChI is InChI=1S/C15H23N3O/c1-11(2)12-7-9-18(10-8-12)15(19)13-3-5-14(17-16)6-4-13/h3-6,11-12,17H,7-10,16H2,1-2H3. The van der Waals surface area contributed by atoms with Crippen LogP contribution in [0.2, 0.25) is 0 Å². The van der Waals surface area contributed by atoms with E-state index in [0.29, 0.717) is 5.92 Å². The van der Waals surface area contributed by atoms with Crippen molar-refractivity contribution in [3.63, 3.8) is 0 Å². The molecule has 1 amide bonds. The zero-order valence-electron chi connectivity index (χ0n) is 11.7. The average molecular weight is 261 g/mol. The van der Waals surface area contributed by atoms with E-state index in [1.54, 1.807) is 0 Å². The number of carbonyl (C=O) groups is 1. The van der Waals surface area contributed by atoms with E-state index in [0.717, 1.165) is 43.1 Å². The highest BCUT2D eigenvalue weighted by Crippen LogP contribution is 2.25. The van der Waals surface area contributed by atoms with Gasteiger partial charge in [0, 0.05) is 24.3 Å².